The molecule has 19 heavy (non-hydrogen) atoms. The van der Waals surface area contributed by atoms with Gasteiger partial charge in [-0.3, -0.25) is 0 Å². The number of benzene rings is 1. The highest BCUT2D eigenvalue weighted by Gasteiger charge is 2.15. The lowest BCUT2D eigenvalue weighted by molar-refractivity contribution is -0.150. The van der Waals surface area contributed by atoms with Gasteiger partial charge < -0.3 is 13.9 Å². The summed E-state index contributed by atoms with van der Waals surface area (Å²) in [6.07, 6.45) is -0.715. The number of hydrogen-bond donors (Lipinski definition) is 0. The van der Waals surface area contributed by atoms with Crippen molar-refractivity contribution in [3.63, 3.8) is 0 Å². The molecule has 5 nitrogen and oxygen atoms in total. The molecule has 1 heterocycles. The van der Waals surface area contributed by atoms with E-state index in [2.05, 4.69) is 0 Å². The molecule has 0 saturated heterocycles. The van der Waals surface area contributed by atoms with Gasteiger partial charge in [-0.2, -0.15) is 0 Å². The molecule has 5 heteroatoms. The zero-order chi connectivity index (χ0) is 13.8. The van der Waals surface area contributed by atoms with Gasteiger partial charge in [-0.05, 0) is 32.0 Å². The van der Waals surface area contributed by atoms with Crippen molar-refractivity contribution in [3.8, 4) is 5.75 Å². The second kappa shape index (κ2) is 5.56. The molecule has 1 aromatic heterocycles. The summed E-state index contributed by atoms with van der Waals surface area (Å²) >= 11 is 0. The molecule has 0 aliphatic heterocycles. The monoisotopic (exact) mass is 262 g/mol. The standard InChI is InChI=1S/C14H14O5/c1-3-17-14(16)9(2)18-11-6-4-10-5-7-13(15)19-12(10)8-11/h4-9H,3H2,1-2H3/t9-/m0/s1. The third-order valence-electron chi connectivity index (χ3n) is 2.53. The predicted molar refractivity (Wildman–Crippen MR) is 69.2 cm³/mol. The van der Waals surface area contributed by atoms with Gasteiger partial charge in [0.2, 0.25) is 0 Å². The van der Waals surface area contributed by atoms with Crippen LogP contribution in [-0.2, 0) is 9.53 Å². The number of fused-ring (bicyclic) bond motifs is 1. The first-order valence-corrected chi connectivity index (χ1v) is 5.97. The molecule has 2 aromatic rings. The van der Waals surface area contributed by atoms with E-state index in [0.717, 1.165) is 5.39 Å². The summed E-state index contributed by atoms with van der Waals surface area (Å²) < 4.78 is 15.3. The van der Waals surface area contributed by atoms with Crippen LogP contribution >= 0.6 is 0 Å². The van der Waals surface area contributed by atoms with Crippen LogP contribution in [0.3, 0.4) is 0 Å². The molecule has 0 N–H and O–H groups in total. The van der Waals surface area contributed by atoms with Gasteiger partial charge in [0.05, 0.1) is 6.61 Å². The molecule has 100 valence electrons. The van der Waals surface area contributed by atoms with Crippen LogP contribution in [0.25, 0.3) is 11.0 Å². The maximum absolute atomic E-state index is 11.4. The maximum Gasteiger partial charge on any atom is 0.347 e. The van der Waals surface area contributed by atoms with Crippen LogP contribution in [0.4, 0.5) is 0 Å². The van der Waals surface area contributed by atoms with E-state index in [0.29, 0.717) is 17.9 Å². The highest BCUT2D eigenvalue weighted by Crippen LogP contribution is 2.20. The summed E-state index contributed by atoms with van der Waals surface area (Å²) in [5.74, 6) is 0.0134. The van der Waals surface area contributed by atoms with E-state index in [1.165, 1.54) is 6.07 Å². The van der Waals surface area contributed by atoms with Crippen LogP contribution in [0.1, 0.15) is 13.8 Å². The number of carbonyl (C=O) groups is 1. The Morgan fingerprint density at radius 2 is 2.05 bits per heavy atom. The molecular formula is C14H14O5. The highest BCUT2D eigenvalue weighted by molar-refractivity contribution is 5.78. The lowest BCUT2D eigenvalue weighted by atomic mass is 10.2. The normalized spacial score (nSPS) is 12.1. The van der Waals surface area contributed by atoms with Crippen molar-refractivity contribution in [1.82, 2.24) is 0 Å². The van der Waals surface area contributed by atoms with Crippen LogP contribution in [0.2, 0.25) is 0 Å². The van der Waals surface area contributed by atoms with Crippen molar-refractivity contribution in [2.75, 3.05) is 6.61 Å². The van der Waals surface area contributed by atoms with Crippen LogP contribution in [0.5, 0.6) is 5.75 Å². The van der Waals surface area contributed by atoms with Gasteiger partial charge in [0.25, 0.3) is 0 Å². The van der Waals surface area contributed by atoms with E-state index >= 15 is 0 Å². The first kappa shape index (κ1) is 13.1. The van der Waals surface area contributed by atoms with E-state index in [1.54, 1.807) is 38.1 Å². The summed E-state index contributed by atoms with van der Waals surface area (Å²) in [5, 5.41) is 0.788. The summed E-state index contributed by atoms with van der Waals surface area (Å²) in [7, 11) is 0. The minimum absolute atomic E-state index is 0.305. The first-order chi connectivity index (χ1) is 9.10. The molecule has 0 fully saturated rings. The Morgan fingerprint density at radius 3 is 2.79 bits per heavy atom. The number of rotatable bonds is 4. The summed E-state index contributed by atoms with van der Waals surface area (Å²) in [4.78, 5) is 22.6. The van der Waals surface area contributed by atoms with Gasteiger partial charge in [-0.1, -0.05) is 0 Å². The fourth-order valence-corrected chi connectivity index (χ4v) is 1.63. The average Bonchev–Trinajstić information content (AvgIpc) is 2.38. The lowest BCUT2D eigenvalue weighted by Crippen LogP contribution is -2.26. The zero-order valence-corrected chi connectivity index (χ0v) is 10.7. The van der Waals surface area contributed by atoms with Crippen LogP contribution in [0.15, 0.2) is 39.5 Å². The highest BCUT2D eigenvalue weighted by atomic mass is 16.6. The Hall–Kier alpha value is -2.30. The summed E-state index contributed by atoms with van der Waals surface area (Å²) in [5.41, 5.74) is -0.0100. The minimum Gasteiger partial charge on any atom is -0.479 e. The summed E-state index contributed by atoms with van der Waals surface area (Å²) in [6, 6.07) is 8.06. The molecule has 0 saturated carbocycles. The van der Waals surface area contributed by atoms with Crippen LogP contribution in [-0.4, -0.2) is 18.7 Å². The predicted octanol–water partition coefficient (Wildman–Crippen LogP) is 2.12. The molecule has 1 atom stereocenters. The van der Waals surface area contributed by atoms with E-state index < -0.39 is 17.7 Å². The number of hydrogen-bond acceptors (Lipinski definition) is 5. The van der Waals surface area contributed by atoms with Gasteiger partial charge in [-0.15, -0.1) is 0 Å². The van der Waals surface area contributed by atoms with Gasteiger partial charge in [0.1, 0.15) is 11.3 Å². The quantitative estimate of drug-likeness (QED) is 0.623. The van der Waals surface area contributed by atoms with E-state index in [-0.39, 0.29) is 0 Å². The molecule has 0 spiro atoms. The molecule has 1 aromatic carbocycles. The third-order valence-corrected chi connectivity index (χ3v) is 2.53. The molecule has 0 bridgehead atoms. The molecule has 0 unspecified atom stereocenters. The van der Waals surface area contributed by atoms with E-state index in [4.69, 9.17) is 13.9 Å². The molecule has 0 aliphatic carbocycles. The zero-order valence-electron chi connectivity index (χ0n) is 10.7. The van der Waals surface area contributed by atoms with E-state index in [9.17, 15) is 9.59 Å². The molecule has 0 amide bonds. The fraction of sp³-hybridized carbons (Fsp3) is 0.286. The van der Waals surface area contributed by atoms with Gasteiger partial charge >= 0.3 is 11.6 Å². The number of ether oxygens (including phenoxy) is 2. The van der Waals surface area contributed by atoms with Gasteiger partial charge in [0.15, 0.2) is 6.10 Å². The molecule has 0 radical (unpaired) electrons. The van der Waals surface area contributed by atoms with Crippen molar-refractivity contribution < 1.29 is 18.7 Å². The van der Waals surface area contributed by atoms with Crippen molar-refractivity contribution in [2.24, 2.45) is 0 Å². The average molecular weight is 262 g/mol. The Labute approximate surface area is 109 Å². The second-order valence-corrected chi connectivity index (χ2v) is 3.97. The Balaban J connectivity index is 2.21. The van der Waals surface area contributed by atoms with E-state index in [1.807, 2.05) is 0 Å². The Kier molecular flexibility index (Phi) is 3.85. The summed E-state index contributed by atoms with van der Waals surface area (Å²) in [6.45, 7) is 3.64. The minimum atomic E-state index is -0.715. The maximum atomic E-state index is 11.4. The van der Waals surface area contributed by atoms with Crippen LogP contribution in [0, 0.1) is 0 Å². The second-order valence-electron chi connectivity index (χ2n) is 3.97. The Bertz CT molecular complexity index is 644. The number of carbonyl (C=O) groups excluding carboxylic acids is 1. The van der Waals surface area contributed by atoms with Crippen LogP contribution < -0.4 is 10.4 Å². The van der Waals surface area contributed by atoms with Gasteiger partial charge in [-0.25, -0.2) is 9.59 Å². The van der Waals surface area contributed by atoms with Crippen molar-refractivity contribution in [3.05, 3.63) is 40.8 Å². The first-order valence-electron chi connectivity index (χ1n) is 5.97. The molecule has 0 aliphatic rings. The lowest BCUT2D eigenvalue weighted by Gasteiger charge is -2.13. The molecule has 2 rings (SSSR count). The topological polar surface area (TPSA) is 65.7 Å². The van der Waals surface area contributed by atoms with Crippen molar-refractivity contribution >= 4 is 16.9 Å². The largest absolute Gasteiger partial charge is 0.479 e. The third kappa shape index (κ3) is 3.13. The van der Waals surface area contributed by atoms with Gasteiger partial charge in [0, 0.05) is 17.5 Å². The van der Waals surface area contributed by atoms with Crippen molar-refractivity contribution in [2.45, 2.75) is 20.0 Å². The smallest absolute Gasteiger partial charge is 0.347 e. The number of esters is 1. The Morgan fingerprint density at radius 1 is 1.32 bits per heavy atom. The SMILES string of the molecule is CCOC(=O)[C@H](C)Oc1ccc2ccc(=O)oc2c1. The fourth-order valence-electron chi connectivity index (χ4n) is 1.63. The van der Waals surface area contributed by atoms with Crippen molar-refractivity contribution in [1.29, 1.82) is 0 Å². The molecular weight excluding hydrogens is 248 g/mol.